The van der Waals surface area contributed by atoms with E-state index >= 15 is 0 Å². The molecule has 1 heterocycles. The zero-order valence-corrected chi connectivity index (χ0v) is 15.7. The number of hydrogen-bond acceptors (Lipinski definition) is 5. The highest BCUT2D eigenvalue weighted by Gasteiger charge is 2.38. The molecule has 0 aliphatic rings. The number of pyridine rings is 1. The average molecular weight is 422 g/mol. The van der Waals surface area contributed by atoms with Gasteiger partial charge in [0, 0.05) is 22.9 Å². The van der Waals surface area contributed by atoms with Gasteiger partial charge in [0.25, 0.3) is 0 Å². The molecule has 0 aliphatic carbocycles. The van der Waals surface area contributed by atoms with Crippen LogP contribution in [0.15, 0.2) is 54.7 Å². The van der Waals surface area contributed by atoms with Crippen molar-refractivity contribution in [1.29, 1.82) is 0 Å². The third kappa shape index (κ3) is 4.52. The predicted molar refractivity (Wildman–Crippen MR) is 102 cm³/mol. The molecular formula is C21H18F4N2O3. The van der Waals surface area contributed by atoms with Crippen molar-refractivity contribution in [2.75, 3.05) is 5.73 Å². The van der Waals surface area contributed by atoms with Gasteiger partial charge in [0.2, 0.25) is 0 Å². The molecule has 1 unspecified atom stereocenters. The van der Waals surface area contributed by atoms with E-state index in [1.54, 1.807) is 12.1 Å². The highest BCUT2D eigenvalue weighted by atomic mass is 19.4. The highest BCUT2D eigenvalue weighted by Crippen LogP contribution is 2.38. The van der Waals surface area contributed by atoms with Crippen LogP contribution in [0.25, 0.3) is 11.1 Å². The summed E-state index contributed by atoms with van der Waals surface area (Å²) in [7, 11) is 0. The van der Waals surface area contributed by atoms with E-state index in [-0.39, 0.29) is 22.7 Å². The van der Waals surface area contributed by atoms with Crippen LogP contribution in [0.5, 0.6) is 5.75 Å². The number of nitrogens with two attached hydrogens (primary N) is 1. The first-order valence-corrected chi connectivity index (χ1v) is 8.82. The highest BCUT2D eigenvalue weighted by molar-refractivity contribution is 5.67. The summed E-state index contributed by atoms with van der Waals surface area (Å²) in [5.74, 6) is -1.40. The lowest BCUT2D eigenvalue weighted by atomic mass is 10.0. The van der Waals surface area contributed by atoms with Gasteiger partial charge in [-0.15, -0.1) is 0 Å². The van der Waals surface area contributed by atoms with Gasteiger partial charge < -0.3 is 20.7 Å². The molecule has 30 heavy (non-hydrogen) atoms. The van der Waals surface area contributed by atoms with Crippen LogP contribution in [0.4, 0.5) is 23.4 Å². The van der Waals surface area contributed by atoms with E-state index in [1.807, 2.05) is 0 Å². The molecule has 0 amide bonds. The molecule has 0 aliphatic heterocycles. The second-order valence-electron chi connectivity index (χ2n) is 6.56. The number of aliphatic hydroxyl groups excluding tert-OH is 1. The van der Waals surface area contributed by atoms with Crippen molar-refractivity contribution in [1.82, 2.24) is 4.98 Å². The Morgan fingerprint density at radius 1 is 1.03 bits per heavy atom. The van der Waals surface area contributed by atoms with Crippen LogP contribution >= 0.6 is 0 Å². The van der Waals surface area contributed by atoms with Crippen LogP contribution in [0.3, 0.4) is 0 Å². The number of alkyl halides is 3. The molecule has 0 saturated heterocycles. The number of nitrogens with zero attached hydrogens (tertiary/aromatic N) is 1. The third-order valence-corrected chi connectivity index (χ3v) is 4.49. The minimum absolute atomic E-state index is 0.0312. The van der Waals surface area contributed by atoms with Crippen molar-refractivity contribution in [2.24, 2.45) is 0 Å². The van der Waals surface area contributed by atoms with Gasteiger partial charge in [0.15, 0.2) is 17.9 Å². The Balaban J connectivity index is 1.93. The fraction of sp³-hybridized carbons (Fsp3) is 0.190. The Morgan fingerprint density at radius 2 is 1.70 bits per heavy atom. The number of ether oxygens (including phenoxy) is 1. The number of aromatic nitrogens is 1. The van der Waals surface area contributed by atoms with E-state index in [2.05, 4.69) is 4.98 Å². The van der Waals surface area contributed by atoms with E-state index in [4.69, 9.17) is 10.5 Å². The van der Waals surface area contributed by atoms with Gasteiger partial charge in [-0.1, -0.05) is 36.4 Å². The molecule has 0 saturated carbocycles. The lowest BCUT2D eigenvalue weighted by Crippen LogP contribution is -2.16. The van der Waals surface area contributed by atoms with Crippen molar-refractivity contribution < 1.29 is 32.5 Å². The van der Waals surface area contributed by atoms with E-state index in [0.29, 0.717) is 11.1 Å². The number of anilines is 1. The van der Waals surface area contributed by atoms with Crippen molar-refractivity contribution in [3.05, 3.63) is 77.2 Å². The summed E-state index contributed by atoms with van der Waals surface area (Å²) < 4.78 is 59.3. The summed E-state index contributed by atoms with van der Waals surface area (Å²) in [5, 5.41) is 18.3. The van der Waals surface area contributed by atoms with Crippen LogP contribution in [-0.2, 0) is 6.18 Å². The molecule has 0 bridgehead atoms. The first-order chi connectivity index (χ1) is 14.1. The largest absolute Gasteiger partial charge is 0.482 e. The molecule has 5 nitrogen and oxygen atoms in total. The van der Waals surface area contributed by atoms with Gasteiger partial charge in [-0.05, 0) is 24.6 Å². The third-order valence-electron chi connectivity index (χ3n) is 4.49. The normalized spacial score (nSPS) is 12.8. The molecule has 9 heteroatoms. The maximum absolute atomic E-state index is 13.9. The van der Waals surface area contributed by atoms with E-state index < -0.39 is 30.0 Å². The number of hydrogen-bond donors (Lipinski definition) is 3. The monoisotopic (exact) mass is 422 g/mol. The van der Waals surface area contributed by atoms with Gasteiger partial charge in [-0.25, -0.2) is 9.37 Å². The average Bonchev–Trinajstić information content (AvgIpc) is 2.68. The van der Waals surface area contributed by atoms with Gasteiger partial charge >= 0.3 is 6.18 Å². The molecule has 3 aromatic rings. The molecule has 0 fully saturated rings. The number of nitrogen functional groups attached to an aromatic ring is 1. The zero-order chi connectivity index (χ0) is 22.1. The van der Waals surface area contributed by atoms with E-state index in [9.17, 15) is 27.8 Å². The van der Waals surface area contributed by atoms with E-state index in [1.165, 1.54) is 37.4 Å². The van der Waals surface area contributed by atoms with Crippen molar-refractivity contribution in [2.45, 2.75) is 25.5 Å². The number of benzene rings is 2. The number of rotatable bonds is 5. The Kier molecular flexibility index (Phi) is 5.95. The molecule has 1 atom stereocenters. The Labute approximate surface area is 169 Å². The molecule has 2 aromatic carbocycles. The summed E-state index contributed by atoms with van der Waals surface area (Å²) >= 11 is 0. The molecule has 158 valence electrons. The van der Waals surface area contributed by atoms with Gasteiger partial charge in [0.05, 0.1) is 5.56 Å². The molecule has 0 radical (unpaired) electrons. The van der Waals surface area contributed by atoms with Crippen molar-refractivity contribution in [3.8, 4) is 16.9 Å². The summed E-state index contributed by atoms with van der Waals surface area (Å²) in [5.41, 5.74) is 5.53. The van der Waals surface area contributed by atoms with Gasteiger partial charge in [-0.3, -0.25) is 0 Å². The molecule has 0 spiro atoms. The zero-order valence-electron chi connectivity index (χ0n) is 15.7. The minimum atomic E-state index is -4.89. The maximum atomic E-state index is 13.9. The minimum Gasteiger partial charge on any atom is -0.482 e. The topological polar surface area (TPSA) is 88.6 Å². The van der Waals surface area contributed by atoms with Gasteiger partial charge in [-0.2, -0.15) is 13.2 Å². The van der Waals surface area contributed by atoms with E-state index in [0.717, 1.165) is 12.1 Å². The molecular weight excluding hydrogens is 404 g/mol. The van der Waals surface area contributed by atoms with Gasteiger partial charge in [0.1, 0.15) is 11.9 Å². The maximum Gasteiger partial charge on any atom is 0.419 e. The fourth-order valence-electron chi connectivity index (χ4n) is 2.99. The Bertz CT molecular complexity index is 1040. The van der Waals surface area contributed by atoms with Crippen LogP contribution in [0.1, 0.15) is 36.0 Å². The number of aliphatic hydroxyl groups is 2. The van der Waals surface area contributed by atoms with Crippen LogP contribution in [0.2, 0.25) is 0 Å². The summed E-state index contributed by atoms with van der Waals surface area (Å²) in [6.45, 7) is 1.35. The predicted octanol–water partition coefficient (Wildman–Crippen LogP) is 4.61. The summed E-state index contributed by atoms with van der Waals surface area (Å²) in [6, 6.07) is 10.8. The fourth-order valence-corrected chi connectivity index (χ4v) is 2.99. The lowest BCUT2D eigenvalue weighted by molar-refractivity contribution is -0.141. The van der Waals surface area contributed by atoms with Crippen molar-refractivity contribution in [3.63, 3.8) is 0 Å². The van der Waals surface area contributed by atoms with Crippen LogP contribution < -0.4 is 10.5 Å². The smallest absolute Gasteiger partial charge is 0.419 e. The summed E-state index contributed by atoms with van der Waals surface area (Å²) in [6.07, 6.45) is -6.22. The SMILES string of the molecule is CC(Oc1cc(-c2ccc(C(O)O)cc2)cnc1N)c1cccc(F)c1C(F)(F)F. The Morgan fingerprint density at radius 3 is 2.30 bits per heavy atom. The molecule has 1 aromatic heterocycles. The standard InChI is InChI=1S/C21H18F4N2O3/c1-11(15-3-2-4-16(22)18(15)21(23,24)25)30-17-9-14(10-27-19(17)26)12-5-7-13(8-6-12)20(28)29/h2-11,20,28-29H,1H3,(H2,26,27). The second-order valence-corrected chi connectivity index (χ2v) is 6.56. The van der Waals surface area contributed by atoms with Crippen molar-refractivity contribution >= 4 is 5.82 Å². The van der Waals surface area contributed by atoms with Crippen LogP contribution in [-0.4, -0.2) is 15.2 Å². The first-order valence-electron chi connectivity index (χ1n) is 8.82. The molecule has 4 N–H and O–H groups in total. The number of halogens is 4. The second kappa shape index (κ2) is 8.29. The quantitative estimate of drug-likeness (QED) is 0.413. The van der Waals surface area contributed by atoms with Crippen LogP contribution in [0, 0.1) is 5.82 Å². The first kappa shape index (κ1) is 21.5. The lowest BCUT2D eigenvalue weighted by Gasteiger charge is -2.21. The Hall–Kier alpha value is -3.17. The summed E-state index contributed by atoms with van der Waals surface area (Å²) in [4.78, 5) is 4.01. The molecule has 3 rings (SSSR count).